The molecule has 3 aromatic rings. The fourth-order valence-electron chi connectivity index (χ4n) is 2.91. The van der Waals surface area contributed by atoms with Crippen molar-refractivity contribution in [3.63, 3.8) is 0 Å². The highest BCUT2D eigenvalue weighted by Crippen LogP contribution is 2.24. The molecule has 2 amide bonds. The molecule has 0 bridgehead atoms. The van der Waals surface area contributed by atoms with Gasteiger partial charge in [-0.25, -0.2) is 4.98 Å². The lowest BCUT2D eigenvalue weighted by molar-refractivity contribution is 0.101. The Labute approximate surface area is 169 Å². The molecule has 6 heteroatoms. The molecule has 1 heterocycles. The number of hydrogen-bond donors (Lipinski definition) is 2. The molecule has 0 aliphatic carbocycles. The van der Waals surface area contributed by atoms with E-state index in [1.54, 1.807) is 36.4 Å². The predicted octanol–water partition coefficient (Wildman–Crippen LogP) is 4.60. The van der Waals surface area contributed by atoms with Crippen LogP contribution in [-0.4, -0.2) is 23.4 Å². The summed E-state index contributed by atoms with van der Waals surface area (Å²) in [6.07, 6.45) is 0. The molecule has 29 heavy (non-hydrogen) atoms. The second-order valence-corrected chi connectivity index (χ2v) is 6.51. The van der Waals surface area contributed by atoms with Gasteiger partial charge in [0, 0.05) is 5.69 Å². The van der Waals surface area contributed by atoms with Gasteiger partial charge in [0.25, 0.3) is 11.8 Å². The van der Waals surface area contributed by atoms with Gasteiger partial charge >= 0.3 is 0 Å². The largest absolute Gasteiger partial charge is 0.492 e. The number of carbonyl (C=O) groups is 2. The van der Waals surface area contributed by atoms with E-state index in [9.17, 15) is 9.59 Å². The van der Waals surface area contributed by atoms with E-state index in [1.807, 2.05) is 45.0 Å². The molecule has 148 valence electrons. The molecular formula is C23H23N3O3. The number of nitrogens with zero attached hydrogens (tertiary/aromatic N) is 1. The Hall–Kier alpha value is -3.67. The van der Waals surface area contributed by atoms with Gasteiger partial charge in [-0.3, -0.25) is 9.59 Å². The van der Waals surface area contributed by atoms with Crippen LogP contribution in [0.2, 0.25) is 0 Å². The second kappa shape index (κ2) is 9.01. The molecule has 0 unspecified atom stereocenters. The third-order valence-electron chi connectivity index (χ3n) is 4.37. The number of hydrogen-bond acceptors (Lipinski definition) is 4. The second-order valence-electron chi connectivity index (χ2n) is 6.51. The maximum Gasteiger partial charge on any atom is 0.274 e. The molecule has 2 aromatic carbocycles. The molecular weight excluding hydrogens is 366 g/mol. The van der Waals surface area contributed by atoms with Crippen LogP contribution in [0.4, 0.5) is 11.4 Å². The van der Waals surface area contributed by atoms with Crippen LogP contribution in [0.5, 0.6) is 5.75 Å². The lowest BCUT2D eigenvalue weighted by Crippen LogP contribution is -2.19. The number of pyridine rings is 1. The number of para-hydroxylation sites is 3. The van der Waals surface area contributed by atoms with Crippen molar-refractivity contribution in [3.8, 4) is 5.75 Å². The lowest BCUT2D eigenvalue weighted by atomic mass is 10.1. The fraction of sp³-hybridized carbons (Fsp3) is 0.174. The molecule has 0 fully saturated rings. The molecule has 0 saturated carbocycles. The third-order valence-corrected chi connectivity index (χ3v) is 4.37. The summed E-state index contributed by atoms with van der Waals surface area (Å²) in [5, 5.41) is 5.67. The minimum absolute atomic E-state index is 0.144. The smallest absolute Gasteiger partial charge is 0.274 e. The first-order valence-corrected chi connectivity index (χ1v) is 9.37. The van der Waals surface area contributed by atoms with Gasteiger partial charge in [-0.15, -0.1) is 0 Å². The maximum atomic E-state index is 12.7. The number of aryl methyl sites for hydroxylation is 2. The molecule has 0 aliphatic heterocycles. The van der Waals surface area contributed by atoms with Crippen LogP contribution >= 0.6 is 0 Å². The van der Waals surface area contributed by atoms with Crippen molar-refractivity contribution in [2.24, 2.45) is 0 Å². The van der Waals surface area contributed by atoms with Crippen LogP contribution in [0.3, 0.4) is 0 Å². The maximum absolute atomic E-state index is 12.7. The first kappa shape index (κ1) is 20.1. The standard InChI is InChI=1S/C23H23N3O3/c1-4-29-20-14-6-5-11-17(20)25-22(27)18-12-8-13-19(24-18)23(28)26-21-15(2)9-7-10-16(21)3/h5-14H,4H2,1-3H3,(H,25,27)(H,26,28). The summed E-state index contributed by atoms with van der Waals surface area (Å²) in [7, 11) is 0. The van der Waals surface area contributed by atoms with Crippen molar-refractivity contribution >= 4 is 23.2 Å². The van der Waals surface area contributed by atoms with Crippen molar-refractivity contribution in [2.45, 2.75) is 20.8 Å². The first-order valence-electron chi connectivity index (χ1n) is 9.37. The van der Waals surface area contributed by atoms with E-state index in [0.717, 1.165) is 16.8 Å². The van der Waals surface area contributed by atoms with E-state index in [4.69, 9.17) is 4.74 Å². The zero-order valence-corrected chi connectivity index (χ0v) is 16.7. The highest BCUT2D eigenvalue weighted by Gasteiger charge is 2.15. The summed E-state index contributed by atoms with van der Waals surface area (Å²) in [5.41, 5.74) is 3.52. The Morgan fingerprint density at radius 2 is 1.41 bits per heavy atom. The van der Waals surface area contributed by atoms with Crippen LogP contribution in [0.15, 0.2) is 60.7 Å². The number of benzene rings is 2. The molecule has 6 nitrogen and oxygen atoms in total. The Bertz CT molecular complexity index is 1030. The summed E-state index contributed by atoms with van der Waals surface area (Å²) >= 11 is 0. The van der Waals surface area contributed by atoms with E-state index >= 15 is 0 Å². The summed E-state index contributed by atoms with van der Waals surface area (Å²) in [5.74, 6) is -0.210. The minimum atomic E-state index is -0.418. The van der Waals surface area contributed by atoms with E-state index in [-0.39, 0.29) is 17.3 Å². The number of ether oxygens (including phenoxy) is 1. The third kappa shape index (κ3) is 4.79. The van der Waals surface area contributed by atoms with E-state index < -0.39 is 5.91 Å². The van der Waals surface area contributed by atoms with Crippen molar-refractivity contribution in [1.29, 1.82) is 0 Å². The lowest BCUT2D eigenvalue weighted by Gasteiger charge is -2.12. The van der Waals surface area contributed by atoms with E-state index in [2.05, 4.69) is 15.6 Å². The normalized spacial score (nSPS) is 10.3. The van der Waals surface area contributed by atoms with Crippen molar-refractivity contribution in [1.82, 2.24) is 4.98 Å². The van der Waals surface area contributed by atoms with Gasteiger partial charge < -0.3 is 15.4 Å². The van der Waals surface area contributed by atoms with E-state index in [0.29, 0.717) is 18.0 Å². The summed E-state index contributed by atoms with van der Waals surface area (Å²) in [4.78, 5) is 29.6. The zero-order valence-electron chi connectivity index (χ0n) is 16.7. The van der Waals surface area contributed by atoms with Crippen molar-refractivity contribution in [2.75, 3.05) is 17.2 Å². The van der Waals surface area contributed by atoms with Crippen LogP contribution < -0.4 is 15.4 Å². The Kier molecular flexibility index (Phi) is 6.24. The molecule has 0 radical (unpaired) electrons. The van der Waals surface area contributed by atoms with Crippen LogP contribution in [0.25, 0.3) is 0 Å². The monoisotopic (exact) mass is 389 g/mol. The molecule has 1 aromatic heterocycles. The summed E-state index contributed by atoms with van der Waals surface area (Å²) < 4.78 is 5.53. The Balaban J connectivity index is 1.79. The number of rotatable bonds is 6. The number of amides is 2. The Morgan fingerprint density at radius 1 is 0.828 bits per heavy atom. The number of nitrogens with one attached hydrogen (secondary N) is 2. The molecule has 2 N–H and O–H groups in total. The average molecular weight is 389 g/mol. The molecule has 0 atom stereocenters. The Morgan fingerprint density at radius 3 is 2.07 bits per heavy atom. The summed E-state index contributed by atoms with van der Waals surface area (Å²) in [6.45, 7) is 6.21. The SMILES string of the molecule is CCOc1ccccc1NC(=O)c1cccc(C(=O)Nc2c(C)cccc2C)n1. The number of aromatic nitrogens is 1. The van der Waals surface area contributed by atoms with Gasteiger partial charge in [0.05, 0.1) is 12.3 Å². The van der Waals surface area contributed by atoms with Gasteiger partial charge in [0.2, 0.25) is 0 Å². The summed E-state index contributed by atoms with van der Waals surface area (Å²) in [6, 6.07) is 17.7. The van der Waals surface area contributed by atoms with Gasteiger partial charge in [0.1, 0.15) is 17.1 Å². The topological polar surface area (TPSA) is 80.3 Å². The average Bonchev–Trinajstić information content (AvgIpc) is 2.72. The first-order chi connectivity index (χ1) is 14.0. The van der Waals surface area contributed by atoms with Crippen LogP contribution in [0, 0.1) is 13.8 Å². The zero-order chi connectivity index (χ0) is 20.8. The highest BCUT2D eigenvalue weighted by atomic mass is 16.5. The molecule has 0 spiro atoms. The van der Waals surface area contributed by atoms with Gasteiger partial charge in [-0.05, 0) is 56.2 Å². The molecule has 0 saturated heterocycles. The van der Waals surface area contributed by atoms with Gasteiger partial charge in [-0.1, -0.05) is 36.4 Å². The fourth-order valence-corrected chi connectivity index (χ4v) is 2.91. The minimum Gasteiger partial charge on any atom is -0.492 e. The number of anilines is 2. The van der Waals surface area contributed by atoms with Crippen molar-refractivity contribution in [3.05, 3.63) is 83.2 Å². The quantitative estimate of drug-likeness (QED) is 0.646. The molecule has 0 aliphatic rings. The van der Waals surface area contributed by atoms with Gasteiger partial charge in [-0.2, -0.15) is 0 Å². The van der Waals surface area contributed by atoms with Crippen LogP contribution in [0.1, 0.15) is 39.0 Å². The number of carbonyl (C=O) groups excluding carboxylic acids is 2. The van der Waals surface area contributed by atoms with Crippen molar-refractivity contribution < 1.29 is 14.3 Å². The van der Waals surface area contributed by atoms with E-state index in [1.165, 1.54) is 0 Å². The predicted molar refractivity (Wildman–Crippen MR) is 114 cm³/mol. The van der Waals surface area contributed by atoms with Crippen LogP contribution in [-0.2, 0) is 0 Å². The highest BCUT2D eigenvalue weighted by molar-refractivity contribution is 6.07. The van der Waals surface area contributed by atoms with Gasteiger partial charge in [0.15, 0.2) is 0 Å². The molecule has 3 rings (SSSR count).